The molecule has 35 heavy (non-hydrogen) atoms. The van der Waals surface area contributed by atoms with Crippen molar-refractivity contribution in [1.82, 2.24) is 10.2 Å². The van der Waals surface area contributed by atoms with E-state index in [1.54, 1.807) is 11.9 Å². The molecule has 0 saturated heterocycles. The summed E-state index contributed by atoms with van der Waals surface area (Å²) < 4.78 is 0. The Morgan fingerprint density at radius 3 is 2.54 bits per heavy atom. The number of para-hydroxylation sites is 1. The maximum atomic E-state index is 13.3. The highest BCUT2D eigenvalue weighted by molar-refractivity contribution is 6.06. The van der Waals surface area contributed by atoms with Crippen LogP contribution < -0.4 is 16.4 Å². The minimum atomic E-state index is -0.682. The zero-order valence-electron chi connectivity index (χ0n) is 21.3. The lowest BCUT2D eigenvalue weighted by atomic mass is 9.74. The van der Waals surface area contributed by atoms with Crippen LogP contribution in [0.3, 0.4) is 0 Å². The lowest BCUT2D eigenvalue weighted by Gasteiger charge is -2.35. The van der Waals surface area contributed by atoms with E-state index in [4.69, 9.17) is 10.7 Å². The Morgan fingerprint density at radius 1 is 1.09 bits per heavy atom. The highest BCUT2D eigenvalue weighted by atomic mass is 16.2. The van der Waals surface area contributed by atoms with Crippen LogP contribution in [0.5, 0.6) is 0 Å². The lowest BCUT2D eigenvalue weighted by molar-refractivity contribution is -0.131. The number of guanidine groups is 1. The van der Waals surface area contributed by atoms with E-state index in [2.05, 4.69) is 10.6 Å². The molecule has 1 aromatic carbocycles. The predicted molar refractivity (Wildman–Crippen MR) is 141 cm³/mol. The number of nitrogens with two attached hydrogens (primary N) is 1. The average Bonchev–Trinajstić information content (AvgIpc) is 3.08. The van der Waals surface area contributed by atoms with Crippen molar-refractivity contribution >= 4 is 23.5 Å². The van der Waals surface area contributed by atoms with Crippen LogP contribution in [-0.4, -0.2) is 47.8 Å². The number of anilines is 1. The number of aliphatic imine (C=N–C) groups is 1. The van der Waals surface area contributed by atoms with Crippen molar-refractivity contribution in [3.8, 4) is 0 Å². The third kappa shape index (κ3) is 6.84. The maximum absolute atomic E-state index is 13.3. The molecular weight excluding hydrogens is 438 g/mol. The minimum Gasteiger partial charge on any atom is -0.369 e. The molecule has 1 heterocycles. The van der Waals surface area contributed by atoms with Crippen molar-refractivity contribution in [2.24, 2.45) is 22.6 Å². The Morgan fingerprint density at radius 2 is 1.83 bits per heavy atom. The monoisotopic (exact) mass is 481 g/mol. The van der Waals surface area contributed by atoms with E-state index in [0.717, 1.165) is 56.6 Å². The number of nitrogens with one attached hydrogen (secondary N) is 2. The van der Waals surface area contributed by atoms with Crippen LogP contribution in [0.2, 0.25) is 0 Å². The molecule has 0 bridgehead atoms. The molecule has 2 fully saturated rings. The van der Waals surface area contributed by atoms with E-state index in [-0.39, 0.29) is 11.8 Å². The van der Waals surface area contributed by atoms with Gasteiger partial charge >= 0.3 is 0 Å². The highest BCUT2D eigenvalue weighted by Crippen LogP contribution is 2.40. The molecule has 0 unspecified atom stereocenters. The van der Waals surface area contributed by atoms with Gasteiger partial charge in [-0.1, -0.05) is 63.1 Å². The smallest absolute Gasteiger partial charge is 0.257 e. The lowest BCUT2D eigenvalue weighted by Crippen LogP contribution is -2.45. The number of benzene rings is 1. The summed E-state index contributed by atoms with van der Waals surface area (Å²) in [5.41, 5.74) is 6.29. The molecule has 0 aromatic heterocycles. The number of hydrogen-bond donors (Lipinski definition) is 3. The number of nitrogens with zero attached hydrogens (tertiary/aromatic N) is 2. The van der Waals surface area contributed by atoms with Gasteiger partial charge in [0, 0.05) is 31.7 Å². The fourth-order valence-corrected chi connectivity index (χ4v) is 6.35. The molecule has 192 valence electrons. The molecule has 7 nitrogen and oxygen atoms in total. The second-order valence-electron chi connectivity index (χ2n) is 11.0. The van der Waals surface area contributed by atoms with Crippen LogP contribution >= 0.6 is 0 Å². The topological polar surface area (TPSA) is 99.8 Å². The van der Waals surface area contributed by atoms with E-state index < -0.39 is 5.54 Å². The van der Waals surface area contributed by atoms with Gasteiger partial charge in [0.25, 0.3) is 5.91 Å². The molecule has 3 atom stereocenters. The van der Waals surface area contributed by atoms with Crippen molar-refractivity contribution in [2.45, 2.75) is 95.1 Å². The normalized spacial score (nSPS) is 27.6. The zero-order valence-corrected chi connectivity index (χ0v) is 21.3. The van der Waals surface area contributed by atoms with E-state index in [0.29, 0.717) is 30.9 Å². The second-order valence-corrected chi connectivity index (χ2v) is 11.0. The van der Waals surface area contributed by atoms with Crippen LogP contribution in [0, 0.1) is 11.8 Å². The molecule has 2 aliphatic carbocycles. The number of hydrogen-bond acceptors (Lipinski definition) is 5. The van der Waals surface area contributed by atoms with E-state index in [9.17, 15) is 9.59 Å². The summed E-state index contributed by atoms with van der Waals surface area (Å²) in [7, 11) is 1.76. The van der Waals surface area contributed by atoms with Gasteiger partial charge in [-0.2, -0.15) is 0 Å². The SMILES string of the molecule is CN1C(=O)[C@@](CCC2CCCCC2)(C[C@H]2CCC[C@@H](NCCC(=O)Nc3ccccc3)C2)N=C1N. The highest BCUT2D eigenvalue weighted by Gasteiger charge is 2.47. The summed E-state index contributed by atoms with van der Waals surface area (Å²) in [5, 5.41) is 6.55. The fourth-order valence-electron chi connectivity index (χ4n) is 6.35. The summed E-state index contributed by atoms with van der Waals surface area (Å²) in [6, 6.07) is 9.96. The van der Waals surface area contributed by atoms with Gasteiger partial charge in [0.1, 0.15) is 5.54 Å². The van der Waals surface area contributed by atoms with Crippen molar-refractivity contribution in [3.63, 3.8) is 0 Å². The van der Waals surface area contributed by atoms with Crippen molar-refractivity contribution in [3.05, 3.63) is 30.3 Å². The molecule has 2 saturated carbocycles. The van der Waals surface area contributed by atoms with Gasteiger partial charge in [0.15, 0.2) is 5.96 Å². The van der Waals surface area contributed by atoms with Crippen LogP contribution in [-0.2, 0) is 9.59 Å². The van der Waals surface area contributed by atoms with Crippen molar-refractivity contribution in [1.29, 1.82) is 0 Å². The molecule has 1 aromatic rings. The first-order valence-electron chi connectivity index (χ1n) is 13.7. The van der Waals surface area contributed by atoms with Gasteiger partial charge in [-0.15, -0.1) is 0 Å². The standard InChI is InChI=1S/C28H43N5O2/c1-33-26(35)28(32-27(33)29,17-15-21-9-4-2-5-10-21)20-22-11-8-14-24(19-22)30-18-16-25(34)31-23-12-6-3-7-13-23/h3,6-7,12-13,21-22,24,30H,2,4-5,8-11,14-20H2,1H3,(H2,29,32)(H,31,34)/t22-,24+,28+/m0/s1. The molecule has 1 aliphatic heterocycles. The Bertz CT molecular complexity index is 883. The second kappa shape index (κ2) is 12.0. The van der Waals surface area contributed by atoms with E-state index in [1.165, 1.54) is 32.1 Å². The Balaban J connectivity index is 1.28. The van der Waals surface area contributed by atoms with Crippen molar-refractivity contribution in [2.75, 3.05) is 18.9 Å². The Hall–Kier alpha value is -2.41. The quantitative estimate of drug-likeness (QED) is 0.460. The number of carbonyl (C=O) groups excluding carboxylic acids is 2. The van der Waals surface area contributed by atoms with E-state index in [1.807, 2.05) is 30.3 Å². The third-order valence-corrected chi connectivity index (χ3v) is 8.32. The summed E-state index contributed by atoms with van der Waals surface area (Å²) in [4.78, 5) is 32.0. The first-order chi connectivity index (χ1) is 16.9. The van der Waals surface area contributed by atoms with E-state index >= 15 is 0 Å². The average molecular weight is 482 g/mol. The summed E-state index contributed by atoms with van der Waals surface area (Å²) in [5.74, 6) is 1.64. The van der Waals surface area contributed by atoms with Gasteiger partial charge in [-0.25, -0.2) is 4.99 Å². The zero-order chi connectivity index (χ0) is 24.7. The van der Waals surface area contributed by atoms with Crippen LogP contribution in [0.1, 0.15) is 83.5 Å². The first-order valence-corrected chi connectivity index (χ1v) is 13.7. The van der Waals surface area contributed by atoms with Crippen LogP contribution in [0.4, 0.5) is 5.69 Å². The van der Waals surface area contributed by atoms with Crippen LogP contribution in [0.25, 0.3) is 0 Å². The number of amides is 2. The largest absolute Gasteiger partial charge is 0.369 e. The summed E-state index contributed by atoms with van der Waals surface area (Å²) in [6.07, 6.45) is 14.1. The van der Waals surface area contributed by atoms with Gasteiger partial charge in [0.2, 0.25) is 5.91 Å². The molecule has 0 radical (unpaired) electrons. The summed E-state index contributed by atoms with van der Waals surface area (Å²) in [6.45, 7) is 0.662. The predicted octanol–water partition coefficient (Wildman–Crippen LogP) is 4.44. The van der Waals surface area contributed by atoms with Gasteiger partial charge < -0.3 is 16.4 Å². The van der Waals surface area contributed by atoms with Crippen LogP contribution in [0.15, 0.2) is 35.3 Å². The Kier molecular flexibility index (Phi) is 8.82. The number of rotatable bonds is 10. The minimum absolute atomic E-state index is 0.0297. The third-order valence-electron chi connectivity index (χ3n) is 8.32. The number of likely N-dealkylation sites (N-methyl/N-ethyl adjacent to an activating group) is 1. The molecule has 7 heteroatoms. The maximum Gasteiger partial charge on any atom is 0.257 e. The van der Waals surface area contributed by atoms with Gasteiger partial charge in [-0.05, 0) is 56.1 Å². The first kappa shape index (κ1) is 25.7. The molecular formula is C28H43N5O2. The van der Waals surface area contributed by atoms with Crippen molar-refractivity contribution < 1.29 is 9.59 Å². The number of carbonyl (C=O) groups is 2. The summed E-state index contributed by atoms with van der Waals surface area (Å²) >= 11 is 0. The molecule has 3 aliphatic rings. The van der Waals surface area contributed by atoms with Gasteiger partial charge in [0.05, 0.1) is 0 Å². The Labute approximate surface area is 210 Å². The fraction of sp³-hybridized carbons (Fsp3) is 0.679. The molecule has 4 rings (SSSR count). The van der Waals surface area contributed by atoms with Gasteiger partial charge in [-0.3, -0.25) is 14.5 Å². The molecule has 2 amide bonds. The molecule has 0 spiro atoms. The molecule has 4 N–H and O–H groups in total.